The number of benzene rings is 4. The summed E-state index contributed by atoms with van der Waals surface area (Å²) in [5, 5.41) is -0.606. The Balaban J connectivity index is 1.54. The third-order valence-corrected chi connectivity index (χ3v) is 15.5. The van der Waals surface area contributed by atoms with E-state index in [1.165, 1.54) is 33.4 Å². The first-order valence-electron chi connectivity index (χ1n) is 27.2. The first kappa shape index (κ1) is 55.0. The number of rotatable bonds is 6. The third kappa shape index (κ3) is 11.1. The van der Waals surface area contributed by atoms with Gasteiger partial charge in [0.05, 0.1) is 35.4 Å². The van der Waals surface area contributed by atoms with E-state index in [9.17, 15) is 4.79 Å². The number of hydrogen-bond acceptors (Lipinski definition) is 4. The van der Waals surface area contributed by atoms with Crippen LogP contribution in [0.5, 0.6) is 5.75 Å². The molecule has 0 fully saturated rings. The number of carbonyl (C=O) groups is 1. The summed E-state index contributed by atoms with van der Waals surface area (Å²) in [7, 11) is 1.55. The van der Waals surface area contributed by atoms with Gasteiger partial charge in [0.15, 0.2) is 0 Å². The van der Waals surface area contributed by atoms with Crippen LogP contribution in [0.25, 0.3) is 90.9 Å². The molecule has 2 aliphatic heterocycles. The van der Waals surface area contributed by atoms with Gasteiger partial charge >= 0.3 is 0 Å². The Morgan fingerprint density at radius 1 is 0.377 bits per heavy atom. The molecule has 0 saturated carbocycles. The summed E-state index contributed by atoms with van der Waals surface area (Å²) in [4.78, 5) is 32.6. The van der Waals surface area contributed by atoms with Crippen LogP contribution < -0.4 is 4.74 Å². The van der Waals surface area contributed by atoms with Crippen LogP contribution in [0.4, 0.5) is 0 Å². The van der Waals surface area contributed by atoms with E-state index >= 15 is 0 Å². The van der Waals surface area contributed by atoms with Crippen LogP contribution in [0.15, 0.2) is 97.1 Å². The highest BCUT2D eigenvalue weighted by Crippen LogP contribution is 2.44. The summed E-state index contributed by atoms with van der Waals surface area (Å²) in [6.45, 7) is 41.1. The molecule has 0 aliphatic carbocycles. The number of hydrogen-bond donors (Lipinski definition) is 2. The maximum atomic E-state index is 13.1. The van der Waals surface area contributed by atoms with E-state index in [2.05, 4.69) is 238 Å². The van der Waals surface area contributed by atoms with E-state index in [0.717, 1.165) is 89.4 Å². The van der Waals surface area contributed by atoms with Crippen LogP contribution in [0, 0.1) is 0 Å². The normalized spacial score (nSPS) is 13.4. The second kappa shape index (κ2) is 19.3. The highest BCUT2D eigenvalue weighted by Gasteiger charge is 2.28. The van der Waals surface area contributed by atoms with Crippen molar-refractivity contribution in [2.45, 2.75) is 157 Å². The van der Waals surface area contributed by atoms with Gasteiger partial charge < -0.3 is 14.7 Å². The predicted molar refractivity (Wildman–Crippen MR) is 330 cm³/mol. The second-order valence-electron chi connectivity index (χ2n) is 27.6. The third-order valence-electron chi connectivity index (χ3n) is 15.3. The average molecular weight is 1040 g/mol. The lowest BCUT2D eigenvalue weighted by Gasteiger charge is -2.26. The van der Waals surface area contributed by atoms with Crippen molar-refractivity contribution < 1.29 is 9.53 Å². The van der Waals surface area contributed by atoms with Crippen LogP contribution >= 0.6 is 11.6 Å². The SMILES string of the molecule is COc1ccc(-c2c3nc(c(-c4cc(C(C)(C)C)cc(C(C)(C)C)c4)c4ccc([nH]4)c(-c4cc(C(C)(C)C)cc(C(C)(C)C)c4)c4nc(c(-c5cc(C(C)(C)C)cc(C(C)(C)C)c5)c5ccc2[nH]5)C=C4)C=C3)cc1C(=O)Cl. The molecule has 7 aromatic rings. The van der Waals surface area contributed by atoms with Crippen molar-refractivity contribution in [3.05, 3.63) is 159 Å². The predicted octanol–water partition coefficient (Wildman–Crippen LogP) is 19.5. The van der Waals surface area contributed by atoms with Crippen molar-refractivity contribution in [2.24, 2.45) is 0 Å². The zero-order chi connectivity index (χ0) is 56.1. The van der Waals surface area contributed by atoms with Gasteiger partial charge in [-0.2, -0.15) is 0 Å². The van der Waals surface area contributed by atoms with Gasteiger partial charge in [-0.3, -0.25) is 4.79 Å². The topological polar surface area (TPSA) is 83.7 Å². The minimum atomic E-state index is -0.606. The molecule has 0 amide bonds. The fourth-order valence-corrected chi connectivity index (χ4v) is 10.5. The molecular formula is C70H79ClN4O2. The summed E-state index contributed by atoms with van der Waals surface area (Å²) in [6.07, 6.45) is 8.61. The first-order valence-corrected chi connectivity index (χ1v) is 27.6. The molecule has 0 saturated heterocycles. The molecule has 0 unspecified atom stereocenters. The van der Waals surface area contributed by atoms with Gasteiger partial charge in [-0.05, 0) is 160 Å². The first-order chi connectivity index (χ1) is 35.7. The number of aromatic nitrogens is 4. The van der Waals surface area contributed by atoms with Gasteiger partial charge in [-0.1, -0.05) is 185 Å². The highest BCUT2D eigenvalue weighted by atomic mass is 35.5. The number of carbonyl (C=O) groups excluding carboxylic acids is 1. The monoisotopic (exact) mass is 1040 g/mol. The van der Waals surface area contributed by atoms with Crippen molar-refractivity contribution in [2.75, 3.05) is 7.11 Å². The lowest BCUT2D eigenvalue weighted by molar-refractivity contribution is 0.107. The standard InChI is InChI=1S/C70H79ClN4O2/c1-65(2,3)44-30-41(31-45(37-44)66(4,5)6)61-53-23-21-51(72-53)60(40-20-29-59(77-19)50(36-40)64(71)76)52-22-24-54(73-52)62(42-32-46(67(7,8)9)38-47(33-42)68(10,11)12)56-26-28-58(75-56)63(57-27-25-55(61)74-57)43-34-48(69(13,14)15)39-49(35-43)70(16,17)18/h20-39,72,75H,1-19H3. The Morgan fingerprint density at radius 3 is 0.870 bits per heavy atom. The van der Waals surface area contributed by atoms with Gasteiger partial charge in [0.2, 0.25) is 0 Å². The van der Waals surface area contributed by atoms with Gasteiger partial charge in [-0.25, -0.2) is 9.97 Å². The molecule has 5 heterocycles. The lowest BCUT2D eigenvalue weighted by atomic mass is 9.78. The minimum absolute atomic E-state index is 0.122. The van der Waals surface area contributed by atoms with Gasteiger partial charge in [0.1, 0.15) is 5.75 Å². The molecule has 398 valence electrons. The number of nitrogens with zero attached hydrogens (tertiary/aromatic N) is 2. The second-order valence-corrected chi connectivity index (χ2v) is 27.9. The van der Waals surface area contributed by atoms with E-state index in [4.69, 9.17) is 26.3 Å². The number of ether oxygens (including phenoxy) is 1. The van der Waals surface area contributed by atoms with Crippen LogP contribution in [-0.2, 0) is 32.5 Å². The summed E-state index contributed by atoms with van der Waals surface area (Å²) in [5.74, 6) is 0.399. The molecule has 9 rings (SSSR count). The molecule has 8 bridgehead atoms. The molecule has 0 radical (unpaired) electrons. The van der Waals surface area contributed by atoms with Crippen molar-refractivity contribution in [1.82, 2.24) is 19.9 Å². The number of methoxy groups -OCH3 is 1. The fourth-order valence-electron chi connectivity index (χ4n) is 10.4. The summed E-state index contributed by atoms with van der Waals surface area (Å²) in [6, 6.07) is 35.6. The molecule has 2 aliphatic rings. The van der Waals surface area contributed by atoms with Crippen LogP contribution in [0.2, 0.25) is 0 Å². The minimum Gasteiger partial charge on any atom is -0.496 e. The molecule has 0 spiro atoms. The summed E-state index contributed by atoms with van der Waals surface area (Å²) >= 11 is 6.33. The number of fused-ring (bicyclic) bond motifs is 8. The van der Waals surface area contributed by atoms with Crippen LogP contribution in [-0.4, -0.2) is 32.3 Å². The smallest absolute Gasteiger partial charge is 0.256 e. The average Bonchev–Trinajstić information content (AvgIpc) is 4.18. The molecular weight excluding hydrogens is 964 g/mol. The zero-order valence-corrected chi connectivity index (χ0v) is 49.9. The van der Waals surface area contributed by atoms with E-state index < -0.39 is 5.24 Å². The molecule has 4 aromatic carbocycles. The maximum Gasteiger partial charge on any atom is 0.256 e. The largest absolute Gasteiger partial charge is 0.496 e. The number of nitrogens with one attached hydrogen (secondary N) is 2. The van der Waals surface area contributed by atoms with Crippen molar-refractivity contribution in [3.63, 3.8) is 0 Å². The van der Waals surface area contributed by atoms with Gasteiger partial charge in [0, 0.05) is 44.3 Å². The van der Waals surface area contributed by atoms with Gasteiger partial charge in [-0.15, -0.1) is 0 Å². The summed E-state index contributed by atoms with van der Waals surface area (Å²) in [5.41, 5.74) is 21.6. The Kier molecular flexibility index (Phi) is 13.8. The number of aromatic amines is 2. The Bertz CT molecular complexity index is 3590. The van der Waals surface area contributed by atoms with Crippen molar-refractivity contribution >= 4 is 63.2 Å². The van der Waals surface area contributed by atoms with Crippen LogP contribution in [0.1, 0.15) is 191 Å². The Labute approximate surface area is 463 Å². The van der Waals surface area contributed by atoms with E-state index in [1.807, 2.05) is 18.2 Å². The Morgan fingerprint density at radius 2 is 0.636 bits per heavy atom. The number of H-pyrrole nitrogens is 2. The maximum absolute atomic E-state index is 13.1. The zero-order valence-electron chi connectivity index (χ0n) is 49.1. The quantitative estimate of drug-likeness (QED) is 0.163. The van der Waals surface area contributed by atoms with E-state index in [0.29, 0.717) is 5.75 Å². The fraction of sp³-hybridized carbons (Fsp3) is 0.357. The molecule has 0 atom stereocenters. The van der Waals surface area contributed by atoms with E-state index in [1.54, 1.807) is 7.11 Å². The highest BCUT2D eigenvalue weighted by molar-refractivity contribution is 6.68. The molecule has 6 nitrogen and oxygen atoms in total. The van der Waals surface area contributed by atoms with Crippen LogP contribution in [0.3, 0.4) is 0 Å². The molecule has 7 heteroatoms. The number of halogens is 1. The lowest BCUT2D eigenvalue weighted by Crippen LogP contribution is -2.16. The Hall–Kier alpha value is -6.76. The molecule has 3 aromatic heterocycles. The summed E-state index contributed by atoms with van der Waals surface area (Å²) < 4.78 is 5.67. The van der Waals surface area contributed by atoms with E-state index in [-0.39, 0.29) is 38.1 Å². The molecule has 2 N–H and O–H groups in total. The van der Waals surface area contributed by atoms with Gasteiger partial charge in [0.25, 0.3) is 5.24 Å². The van der Waals surface area contributed by atoms with Crippen molar-refractivity contribution in [1.29, 1.82) is 0 Å². The molecule has 77 heavy (non-hydrogen) atoms. The van der Waals surface area contributed by atoms with Crippen molar-refractivity contribution in [3.8, 4) is 50.3 Å².